The number of amides is 1. The van der Waals surface area contributed by atoms with E-state index in [0.29, 0.717) is 18.8 Å². The molecule has 0 saturated carbocycles. The smallest absolute Gasteiger partial charge is 0.267 e. The Hall–Kier alpha value is -2.68. The summed E-state index contributed by atoms with van der Waals surface area (Å²) in [4.78, 5) is 15.3. The Morgan fingerprint density at radius 1 is 1.03 bits per heavy atom. The normalized spacial score (nSPS) is 12.1. The highest BCUT2D eigenvalue weighted by atomic mass is 32.2. The van der Waals surface area contributed by atoms with Crippen LogP contribution in [0.5, 0.6) is 0 Å². The zero-order chi connectivity index (χ0) is 23.3. The average molecular weight is 457 g/mol. The molecule has 3 aromatic rings. The number of nitrogens with one attached hydrogen (secondary N) is 1. The fourth-order valence-corrected chi connectivity index (χ4v) is 4.70. The predicted octanol–water partition coefficient (Wildman–Crippen LogP) is 3.16. The van der Waals surface area contributed by atoms with Crippen molar-refractivity contribution in [2.45, 2.75) is 31.3 Å². The number of aromatic nitrogens is 1. The number of hydrogen-bond acceptors (Lipinski definition) is 4. The molecular formula is C24H32N4O3S. The Balaban J connectivity index is 1.64. The number of nitrogens with zero attached hydrogens (tertiary/aromatic N) is 3. The second-order valence-electron chi connectivity index (χ2n) is 8.11. The first kappa shape index (κ1) is 24.0. The maximum absolute atomic E-state index is 12.8. The van der Waals surface area contributed by atoms with Gasteiger partial charge >= 0.3 is 0 Å². The molecule has 1 N–H and O–H groups in total. The van der Waals surface area contributed by atoms with E-state index in [0.717, 1.165) is 30.4 Å². The predicted molar refractivity (Wildman–Crippen MR) is 128 cm³/mol. The van der Waals surface area contributed by atoms with E-state index >= 15 is 0 Å². The van der Waals surface area contributed by atoms with E-state index < -0.39 is 10.0 Å². The van der Waals surface area contributed by atoms with Gasteiger partial charge in [-0.15, -0.1) is 0 Å². The van der Waals surface area contributed by atoms with E-state index in [-0.39, 0.29) is 10.8 Å². The van der Waals surface area contributed by atoms with Crippen LogP contribution in [-0.4, -0.2) is 62.3 Å². The molecule has 0 aliphatic carbocycles. The third kappa shape index (κ3) is 5.38. The van der Waals surface area contributed by atoms with Gasteiger partial charge in [-0.2, -0.15) is 0 Å². The van der Waals surface area contributed by atoms with Gasteiger partial charge in [-0.1, -0.05) is 30.3 Å². The van der Waals surface area contributed by atoms with Gasteiger partial charge in [0.25, 0.3) is 5.91 Å². The highest BCUT2D eigenvalue weighted by molar-refractivity contribution is 7.89. The summed E-state index contributed by atoms with van der Waals surface area (Å²) in [6.45, 7) is 4.91. The van der Waals surface area contributed by atoms with Crippen molar-refractivity contribution in [3.05, 3.63) is 65.9 Å². The summed E-state index contributed by atoms with van der Waals surface area (Å²) in [6, 6.07) is 17.1. The van der Waals surface area contributed by atoms with Crippen molar-refractivity contribution in [1.82, 2.24) is 19.1 Å². The highest BCUT2D eigenvalue weighted by Crippen LogP contribution is 2.24. The minimum Gasteiger partial charge on any atom is -0.351 e. The molecule has 0 bridgehead atoms. The van der Waals surface area contributed by atoms with Gasteiger partial charge in [0.05, 0.1) is 4.90 Å². The summed E-state index contributed by atoms with van der Waals surface area (Å²) in [5, 5.41) is 3.74. The Labute approximate surface area is 190 Å². The molecular weight excluding hydrogens is 424 g/mol. The van der Waals surface area contributed by atoms with Crippen LogP contribution in [0.4, 0.5) is 0 Å². The summed E-state index contributed by atoms with van der Waals surface area (Å²) in [5.41, 5.74) is 2.65. The van der Waals surface area contributed by atoms with E-state index in [1.807, 2.05) is 29.7 Å². The van der Waals surface area contributed by atoms with Crippen LogP contribution < -0.4 is 5.32 Å². The van der Waals surface area contributed by atoms with Crippen LogP contribution in [0.1, 0.15) is 29.4 Å². The van der Waals surface area contributed by atoms with Gasteiger partial charge in [0.2, 0.25) is 10.0 Å². The van der Waals surface area contributed by atoms with Crippen LogP contribution >= 0.6 is 0 Å². The number of aryl methyl sites for hydroxylation is 1. The van der Waals surface area contributed by atoms with E-state index in [4.69, 9.17) is 0 Å². The van der Waals surface area contributed by atoms with Gasteiger partial charge in [0.1, 0.15) is 5.69 Å². The summed E-state index contributed by atoms with van der Waals surface area (Å²) < 4.78 is 28.0. The molecule has 0 radical (unpaired) electrons. The van der Waals surface area contributed by atoms with E-state index in [1.54, 1.807) is 24.3 Å². The lowest BCUT2D eigenvalue weighted by atomic mass is 10.2. The lowest BCUT2D eigenvalue weighted by Gasteiger charge is -2.17. The molecule has 0 atom stereocenters. The summed E-state index contributed by atoms with van der Waals surface area (Å²) in [6.07, 6.45) is 0.840. The molecule has 32 heavy (non-hydrogen) atoms. The van der Waals surface area contributed by atoms with Gasteiger partial charge < -0.3 is 14.8 Å². The van der Waals surface area contributed by atoms with Gasteiger partial charge in [-0.25, -0.2) is 12.7 Å². The minimum atomic E-state index is -3.53. The van der Waals surface area contributed by atoms with Crippen molar-refractivity contribution in [3.8, 4) is 0 Å². The lowest BCUT2D eigenvalue weighted by Crippen LogP contribution is -2.29. The second kappa shape index (κ2) is 10.3. The van der Waals surface area contributed by atoms with Crippen LogP contribution in [0.25, 0.3) is 10.9 Å². The molecule has 3 rings (SSSR count). The van der Waals surface area contributed by atoms with Crippen molar-refractivity contribution in [2.75, 3.05) is 34.2 Å². The first-order valence-corrected chi connectivity index (χ1v) is 12.2. The quantitative estimate of drug-likeness (QED) is 0.476. The topological polar surface area (TPSA) is 74.6 Å². The molecule has 8 heteroatoms. The van der Waals surface area contributed by atoms with Crippen molar-refractivity contribution in [2.24, 2.45) is 0 Å². The number of sulfonamides is 1. The largest absolute Gasteiger partial charge is 0.351 e. The monoisotopic (exact) mass is 456 g/mol. The molecule has 1 amide bonds. The molecule has 0 aliphatic heterocycles. The van der Waals surface area contributed by atoms with Crippen LogP contribution in [0.15, 0.2) is 59.5 Å². The van der Waals surface area contributed by atoms with Crippen molar-refractivity contribution in [3.63, 3.8) is 0 Å². The molecule has 0 aliphatic rings. The third-order valence-corrected chi connectivity index (χ3v) is 7.31. The summed E-state index contributed by atoms with van der Waals surface area (Å²) in [5.74, 6) is -0.147. The number of hydrogen-bond donors (Lipinski definition) is 1. The zero-order valence-electron chi connectivity index (χ0n) is 19.2. The fourth-order valence-electron chi connectivity index (χ4n) is 3.76. The standard InChI is InChI=1S/C24H32N4O3S/c1-5-28-22-13-12-21(32(30,31)26(2)3)16-20(22)17-23(28)24(29)25-14-9-15-27(4)18-19-10-7-6-8-11-19/h6-8,10-13,16-17H,5,9,14-15,18H2,1-4H3,(H,25,29). The molecule has 1 aromatic heterocycles. The molecule has 2 aromatic carbocycles. The van der Waals surface area contributed by atoms with Gasteiger partial charge in [-0.3, -0.25) is 4.79 Å². The first-order chi connectivity index (χ1) is 15.2. The molecule has 7 nitrogen and oxygen atoms in total. The minimum absolute atomic E-state index is 0.147. The Morgan fingerprint density at radius 2 is 1.75 bits per heavy atom. The number of carbonyl (C=O) groups is 1. The van der Waals surface area contributed by atoms with Crippen molar-refractivity contribution in [1.29, 1.82) is 0 Å². The number of fused-ring (bicyclic) bond motifs is 1. The van der Waals surface area contributed by atoms with Crippen molar-refractivity contribution < 1.29 is 13.2 Å². The summed E-state index contributed by atoms with van der Waals surface area (Å²) >= 11 is 0. The highest BCUT2D eigenvalue weighted by Gasteiger charge is 2.20. The molecule has 172 valence electrons. The van der Waals surface area contributed by atoms with Gasteiger partial charge in [0, 0.05) is 44.6 Å². The lowest BCUT2D eigenvalue weighted by molar-refractivity contribution is 0.0943. The number of benzene rings is 2. The SMILES string of the molecule is CCn1c(C(=O)NCCCN(C)Cc2ccccc2)cc2cc(S(=O)(=O)N(C)C)ccc21. The molecule has 0 fully saturated rings. The van der Waals surface area contributed by atoms with E-state index in [9.17, 15) is 13.2 Å². The maximum Gasteiger partial charge on any atom is 0.267 e. The van der Waals surface area contributed by atoms with Crippen LogP contribution in [-0.2, 0) is 23.1 Å². The molecule has 0 spiro atoms. The van der Waals surface area contributed by atoms with E-state index in [1.165, 1.54) is 24.0 Å². The number of carbonyl (C=O) groups excluding carboxylic acids is 1. The zero-order valence-corrected chi connectivity index (χ0v) is 20.0. The van der Waals surface area contributed by atoms with Crippen LogP contribution in [0, 0.1) is 0 Å². The third-order valence-electron chi connectivity index (χ3n) is 5.50. The summed E-state index contributed by atoms with van der Waals surface area (Å²) in [7, 11) is 1.56. The first-order valence-electron chi connectivity index (χ1n) is 10.8. The van der Waals surface area contributed by atoms with E-state index in [2.05, 4.69) is 29.4 Å². The molecule has 0 saturated heterocycles. The molecule has 1 heterocycles. The molecule has 0 unspecified atom stereocenters. The van der Waals surface area contributed by atoms with Crippen LogP contribution in [0.3, 0.4) is 0 Å². The second-order valence-corrected chi connectivity index (χ2v) is 10.3. The maximum atomic E-state index is 12.8. The fraction of sp³-hybridized carbons (Fsp3) is 0.375. The Morgan fingerprint density at radius 3 is 2.41 bits per heavy atom. The Kier molecular flexibility index (Phi) is 7.71. The average Bonchev–Trinajstić information content (AvgIpc) is 3.15. The van der Waals surface area contributed by atoms with Crippen LogP contribution in [0.2, 0.25) is 0 Å². The Bertz CT molecular complexity index is 1170. The number of rotatable bonds is 10. The van der Waals surface area contributed by atoms with Gasteiger partial charge in [0.15, 0.2) is 0 Å². The van der Waals surface area contributed by atoms with Gasteiger partial charge in [-0.05, 0) is 56.8 Å². The van der Waals surface area contributed by atoms with Crippen molar-refractivity contribution >= 4 is 26.8 Å².